The number of amides is 2. The molecule has 5 nitrogen and oxygen atoms in total. The van der Waals surface area contributed by atoms with Gasteiger partial charge in [0.15, 0.2) is 5.54 Å². The van der Waals surface area contributed by atoms with Crippen molar-refractivity contribution >= 4 is 28.4 Å². The molecule has 1 spiro atoms. The topological polar surface area (TPSA) is 65.2 Å². The van der Waals surface area contributed by atoms with Crippen molar-refractivity contribution in [2.75, 3.05) is 11.9 Å². The Morgan fingerprint density at radius 2 is 1.93 bits per heavy atom. The molecule has 2 aromatic carbocycles. The minimum atomic E-state index is -1.14. The van der Waals surface area contributed by atoms with Crippen LogP contribution in [0.15, 0.2) is 48.5 Å². The van der Waals surface area contributed by atoms with Crippen molar-refractivity contribution < 1.29 is 9.59 Å². The molecule has 1 aromatic heterocycles. The molecule has 5 heteroatoms. The molecule has 0 saturated carbocycles. The molecule has 0 saturated heterocycles. The summed E-state index contributed by atoms with van der Waals surface area (Å²) in [6.07, 6.45) is 1.48. The lowest BCUT2D eigenvalue weighted by molar-refractivity contribution is -0.147. The Balaban J connectivity index is 1.84. The average molecular weight is 373 g/mol. The summed E-state index contributed by atoms with van der Waals surface area (Å²) in [6, 6.07) is 15.8. The number of carbonyl (C=O) groups is 2. The van der Waals surface area contributed by atoms with Crippen LogP contribution in [0.3, 0.4) is 0 Å². The second-order valence-electron chi connectivity index (χ2n) is 7.78. The largest absolute Gasteiger partial charge is 0.355 e. The van der Waals surface area contributed by atoms with Gasteiger partial charge in [0.1, 0.15) is 0 Å². The quantitative estimate of drug-likeness (QED) is 0.718. The minimum Gasteiger partial charge on any atom is -0.355 e. The number of H-pyrrole nitrogens is 1. The zero-order valence-electron chi connectivity index (χ0n) is 16.1. The van der Waals surface area contributed by atoms with Gasteiger partial charge in [-0.15, -0.1) is 0 Å². The van der Waals surface area contributed by atoms with E-state index in [9.17, 15) is 9.59 Å². The second-order valence-corrected chi connectivity index (χ2v) is 7.78. The zero-order chi connectivity index (χ0) is 19.5. The highest BCUT2D eigenvalue weighted by Crippen LogP contribution is 2.50. The van der Waals surface area contributed by atoms with Crippen LogP contribution in [0.1, 0.15) is 37.1 Å². The fourth-order valence-electron chi connectivity index (χ4n) is 4.77. The van der Waals surface area contributed by atoms with E-state index >= 15 is 0 Å². The maximum atomic E-state index is 13.5. The first-order valence-corrected chi connectivity index (χ1v) is 9.91. The predicted molar refractivity (Wildman–Crippen MR) is 109 cm³/mol. The third kappa shape index (κ3) is 2.02. The number of nitrogens with zero attached hydrogens (tertiary/aromatic N) is 1. The number of aromatic nitrogens is 1. The molecule has 0 aliphatic carbocycles. The van der Waals surface area contributed by atoms with Crippen LogP contribution in [0.25, 0.3) is 10.9 Å². The summed E-state index contributed by atoms with van der Waals surface area (Å²) in [5.74, 6) is -0.264. The van der Waals surface area contributed by atoms with Crippen molar-refractivity contribution in [1.82, 2.24) is 9.88 Å². The highest BCUT2D eigenvalue weighted by atomic mass is 16.2. The monoisotopic (exact) mass is 373 g/mol. The molecule has 0 unspecified atom stereocenters. The first kappa shape index (κ1) is 17.0. The maximum absolute atomic E-state index is 13.5. The molecular weight excluding hydrogens is 350 g/mol. The Hall–Kier alpha value is -3.08. The molecule has 2 amide bonds. The van der Waals surface area contributed by atoms with E-state index in [0.717, 1.165) is 46.3 Å². The fourth-order valence-corrected chi connectivity index (χ4v) is 4.77. The van der Waals surface area contributed by atoms with Gasteiger partial charge in [-0.1, -0.05) is 50.2 Å². The third-order valence-electron chi connectivity index (χ3n) is 6.36. The Bertz CT molecular complexity index is 1120. The van der Waals surface area contributed by atoms with E-state index in [1.165, 1.54) is 0 Å². The summed E-state index contributed by atoms with van der Waals surface area (Å²) in [7, 11) is 0. The number of rotatable bonds is 2. The Morgan fingerprint density at radius 1 is 1.18 bits per heavy atom. The van der Waals surface area contributed by atoms with Crippen LogP contribution in [0, 0.1) is 5.92 Å². The average Bonchev–Trinajstić information content (AvgIpc) is 3.24. The lowest BCUT2D eigenvalue weighted by Gasteiger charge is -2.44. The van der Waals surface area contributed by atoms with Gasteiger partial charge in [-0.2, -0.15) is 0 Å². The number of benzene rings is 2. The van der Waals surface area contributed by atoms with Gasteiger partial charge in [0, 0.05) is 34.6 Å². The summed E-state index contributed by atoms with van der Waals surface area (Å²) < 4.78 is 0. The summed E-state index contributed by atoms with van der Waals surface area (Å²) in [5.41, 5.74) is 3.46. The molecule has 3 heterocycles. The minimum absolute atomic E-state index is 0.0265. The van der Waals surface area contributed by atoms with E-state index in [4.69, 9.17) is 0 Å². The first-order valence-electron chi connectivity index (χ1n) is 9.91. The molecule has 2 N–H and O–H groups in total. The fraction of sp³-hybridized carbons (Fsp3) is 0.304. The zero-order valence-corrected chi connectivity index (χ0v) is 16.1. The number of carbonyl (C=O) groups excluding carboxylic acids is 2. The molecule has 0 radical (unpaired) electrons. The summed E-state index contributed by atoms with van der Waals surface area (Å²) in [6.45, 7) is 4.48. The van der Waals surface area contributed by atoms with Crippen molar-refractivity contribution in [2.24, 2.45) is 5.92 Å². The Morgan fingerprint density at radius 3 is 2.75 bits per heavy atom. The highest BCUT2D eigenvalue weighted by molar-refractivity contribution is 6.11. The van der Waals surface area contributed by atoms with Crippen LogP contribution in [0.5, 0.6) is 0 Å². The Kier molecular flexibility index (Phi) is 3.63. The van der Waals surface area contributed by atoms with Gasteiger partial charge in [0.25, 0.3) is 5.91 Å². The van der Waals surface area contributed by atoms with Gasteiger partial charge in [0.05, 0.1) is 5.69 Å². The molecular formula is C23H23N3O2. The lowest BCUT2D eigenvalue weighted by atomic mass is 9.79. The van der Waals surface area contributed by atoms with Gasteiger partial charge >= 0.3 is 0 Å². The summed E-state index contributed by atoms with van der Waals surface area (Å²) in [5, 5.41) is 4.16. The molecule has 3 aromatic rings. The van der Waals surface area contributed by atoms with E-state index in [1.807, 2.05) is 56.3 Å². The third-order valence-corrected chi connectivity index (χ3v) is 6.36. The molecule has 28 heavy (non-hydrogen) atoms. The number of anilines is 1. The predicted octanol–water partition coefficient (Wildman–Crippen LogP) is 3.79. The van der Waals surface area contributed by atoms with Crippen molar-refractivity contribution in [1.29, 1.82) is 0 Å². The van der Waals surface area contributed by atoms with Crippen LogP contribution in [0.4, 0.5) is 5.69 Å². The molecule has 2 aliphatic rings. The molecule has 0 bridgehead atoms. The number of hydrogen-bond acceptors (Lipinski definition) is 2. The number of fused-ring (bicyclic) bond motifs is 6. The first-order chi connectivity index (χ1) is 13.6. The molecule has 2 aliphatic heterocycles. The van der Waals surface area contributed by atoms with Gasteiger partial charge in [-0.05, 0) is 30.5 Å². The Labute approximate surface area is 163 Å². The van der Waals surface area contributed by atoms with Crippen LogP contribution < -0.4 is 5.32 Å². The van der Waals surface area contributed by atoms with E-state index in [2.05, 4.69) is 16.4 Å². The summed E-state index contributed by atoms with van der Waals surface area (Å²) >= 11 is 0. The van der Waals surface area contributed by atoms with Gasteiger partial charge in [-0.3, -0.25) is 9.59 Å². The highest BCUT2D eigenvalue weighted by Gasteiger charge is 2.58. The number of nitrogens with one attached hydrogen (secondary N) is 2. The smallest absolute Gasteiger partial charge is 0.261 e. The normalized spacial score (nSPS) is 21.5. The van der Waals surface area contributed by atoms with Crippen LogP contribution in [0.2, 0.25) is 0 Å². The number of hydrogen-bond donors (Lipinski definition) is 2. The van der Waals surface area contributed by atoms with E-state index in [1.54, 1.807) is 4.90 Å². The van der Waals surface area contributed by atoms with Gasteiger partial charge < -0.3 is 15.2 Å². The molecule has 5 rings (SSSR count). The van der Waals surface area contributed by atoms with Crippen molar-refractivity contribution in [2.45, 2.75) is 32.2 Å². The lowest BCUT2D eigenvalue weighted by Crippen LogP contribution is -2.59. The van der Waals surface area contributed by atoms with E-state index in [0.29, 0.717) is 6.54 Å². The van der Waals surface area contributed by atoms with Crippen LogP contribution in [-0.4, -0.2) is 28.2 Å². The van der Waals surface area contributed by atoms with Crippen molar-refractivity contribution in [3.8, 4) is 0 Å². The van der Waals surface area contributed by atoms with Gasteiger partial charge in [-0.25, -0.2) is 0 Å². The van der Waals surface area contributed by atoms with E-state index < -0.39 is 5.54 Å². The van der Waals surface area contributed by atoms with Gasteiger partial charge in [0.2, 0.25) is 5.91 Å². The summed E-state index contributed by atoms with van der Waals surface area (Å²) in [4.78, 5) is 32.3. The number of para-hydroxylation sites is 2. The SMILES string of the molecule is CC[C@H](C)C(=O)N1CCc2c([nH]c3ccccc23)[C@@]12C(=O)Nc1ccccc12. The maximum Gasteiger partial charge on any atom is 0.261 e. The number of aromatic amines is 1. The van der Waals surface area contributed by atoms with Crippen molar-refractivity contribution in [3.63, 3.8) is 0 Å². The van der Waals surface area contributed by atoms with Crippen LogP contribution >= 0.6 is 0 Å². The molecule has 2 atom stereocenters. The second kappa shape index (κ2) is 5.96. The van der Waals surface area contributed by atoms with Crippen molar-refractivity contribution in [3.05, 3.63) is 65.4 Å². The molecule has 142 valence electrons. The molecule has 0 fully saturated rings. The van der Waals surface area contributed by atoms with E-state index in [-0.39, 0.29) is 17.7 Å². The standard InChI is InChI=1S/C23H23N3O2/c1-3-14(2)21(27)26-13-12-16-15-8-4-6-10-18(15)24-20(16)23(26)17-9-5-7-11-19(17)25-22(23)28/h4-11,14,24H,3,12-13H2,1-2H3,(H,25,28)/t14-,23-/m0/s1. The van der Waals surface area contributed by atoms with Crippen LogP contribution in [-0.2, 0) is 21.5 Å².